The Bertz CT molecular complexity index is 695. The van der Waals surface area contributed by atoms with E-state index in [0.717, 1.165) is 0 Å². The zero-order valence-corrected chi connectivity index (χ0v) is 13.5. The molecule has 0 bridgehead atoms. The summed E-state index contributed by atoms with van der Waals surface area (Å²) in [5, 5.41) is 11.1. The average molecular weight is 338 g/mol. The fraction of sp³-hybridized carbons (Fsp3) is 0.545. The number of sulfonamides is 1. The summed E-state index contributed by atoms with van der Waals surface area (Å²) in [5.74, 6) is 0. The Kier molecular flexibility index (Phi) is 4.41. The molecule has 0 radical (unpaired) electrons. The van der Waals surface area contributed by atoms with Gasteiger partial charge in [-0.05, 0) is 12.8 Å². The highest BCUT2D eigenvalue weighted by atomic mass is 35.5. The Morgan fingerprint density at radius 2 is 2.15 bits per heavy atom. The number of halogens is 1. The van der Waals surface area contributed by atoms with Crippen molar-refractivity contribution >= 4 is 37.9 Å². The van der Waals surface area contributed by atoms with Gasteiger partial charge in [-0.15, -0.1) is 11.3 Å². The Balaban J connectivity index is 2.50. The first-order valence-electron chi connectivity index (χ1n) is 6.15. The molecule has 0 aliphatic rings. The van der Waals surface area contributed by atoms with Gasteiger partial charge in [0.15, 0.2) is 15.1 Å². The van der Waals surface area contributed by atoms with Crippen LogP contribution in [0.15, 0.2) is 16.6 Å². The van der Waals surface area contributed by atoms with Crippen LogP contribution in [0.1, 0.15) is 26.7 Å². The molecule has 0 atom stereocenters. The van der Waals surface area contributed by atoms with Gasteiger partial charge in [-0.1, -0.05) is 25.4 Å². The van der Waals surface area contributed by atoms with Gasteiger partial charge >= 0.3 is 0 Å². The lowest BCUT2D eigenvalue weighted by atomic mass is 9.96. The number of nitrogens with zero attached hydrogens (tertiary/aromatic N) is 2. The summed E-state index contributed by atoms with van der Waals surface area (Å²) in [6.07, 6.45) is 2.55. The molecule has 20 heavy (non-hydrogen) atoms. The van der Waals surface area contributed by atoms with E-state index in [2.05, 4.69) is 9.71 Å². The van der Waals surface area contributed by atoms with Gasteiger partial charge in [0.1, 0.15) is 0 Å². The lowest BCUT2D eigenvalue weighted by Crippen LogP contribution is -2.50. The summed E-state index contributed by atoms with van der Waals surface area (Å²) in [6, 6.07) is 0. The van der Waals surface area contributed by atoms with Crippen LogP contribution in [0.3, 0.4) is 0 Å². The topological polar surface area (TPSA) is 83.7 Å². The molecule has 0 unspecified atom stereocenters. The van der Waals surface area contributed by atoms with Crippen molar-refractivity contribution in [3.8, 4) is 0 Å². The molecule has 112 valence electrons. The number of thiazole rings is 1. The Morgan fingerprint density at radius 3 is 2.70 bits per heavy atom. The Labute approximate surface area is 126 Å². The van der Waals surface area contributed by atoms with E-state index >= 15 is 0 Å². The molecule has 0 aromatic carbocycles. The van der Waals surface area contributed by atoms with Crippen molar-refractivity contribution in [2.45, 2.75) is 37.3 Å². The first-order valence-corrected chi connectivity index (χ1v) is 8.89. The average Bonchev–Trinajstić information content (AvgIpc) is 2.95. The predicted octanol–water partition coefficient (Wildman–Crippen LogP) is 1.88. The SMILES string of the molecule is CCC(CC)(CO)NS(=O)(=O)c1c(Cl)nc2sccn12. The number of hydrogen-bond donors (Lipinski definition) is 2. The smallest absolute Gasteiger partial charge is 0.260 e. The van der Waals surface area contributed by atoms with Gasteiger partial charge in [-0.3, -0.25) is 4.40 Å². The van der Waals surface area contributed by atoms with Gasteiger partial charge in [0.25, 0.3) is 10.0 Å². The highest BCUT2D eigenvalue weighted by Gasteiger charge is 2.34. The van der Waals surface area contributed by atoms with Gasteiger partial charge in [-0.25, -0.2) is 18.1 Å². The third-order valence-electron chi connectivity index (χ3n) is 3.44. The number of fused-ring (bicyclic) bond motifs is 1. The third kappa shape index (κ3) is 2.58. The van der Waals surface area contributed by atoms with Crippen LogP contribution in [0.4, 0.5) is 0 Å². The standard InChI is InChI=1S/C11H16ClN3O3S2/c1-3-11(4-2,7-16)14-20(17,18)9-8(12)13-10-15(9)5-6-19-10/h5-6,14,16H,3-4,7H2,1-2H3. The fourth-order valence-corrected chi connectivity index (χ4v) is 4.95. The summed E-state index contributed by atoms with van der Waals surface area (Å²) in [6.45, 7) is 3.36. The van der Waals surface area contributed by atoms with Crippen molar-refractivity contribution in [3.05, 3.63) is 16.7 Å². The van der Waals surface area contributed by atoms with E-state index < -0.39 is 15.6 Å². The molecule has 0 amide bonds. The number of aliphatic hydroxyl groups is 1. The van der Waals surface area contributed by atoms with Crippen molar-refractivity contribution < 1.29 is 13.5 Å². The van der Waals surface area contributed by atoms with Crippen molar-refractivity contribution in [1.82, 2.24) is 14.1 Å². The molecule has 0 aliphatic heterocycles. The summed E-state index contributed by atoms with van der Waals surface area (Å²) >= 11 is 7.24. The Morgan fingerprint density at radius 1 is 1.50 bits per heavy atom. The molecule has 9 heteroatoms. The molecular formula is C11H16ClN3O3S2. The number of aromatic nitrogens is 2. The second-order valence-corrected chi connectivity index (χ2v) is 7.34. The van der Waals surface area contributed by atoms with E-state index in [0.29, 0.717) is 17.8 Å². The second-order valence-electron chi connectivity index (χ2n) is 4.51. The van der Waals surface area contributed by atoms with Crippen molar-refractivity contribution in [2.75, 3.05) is 6.61 Å². The van der Waals surface area contributed by atoms with Crippen LogP contribution in [-0.2, 0) is 10.0 Å². The maximum Gasteiger partial charge on any atom is 0.260 e. The molecule has 2 aromatic rings. The highest BCUT2D eigenvalue weighted by Crippen LogP contribution is 2.27. The van der Waals surface area contributed by atoms with Gasteiger partial charge in [0.05, 0.1) is 12.1 Å². The van der Waals surface area contributed by atoms with Crippen molar-refractivity contribution in [1.29, 1.82) is 0 Å². The molecular weight excluding hydrogens is 322 g/mol. The maximum absolute atomic E-state index is 12.6. The van der Waals surface area contributed by atoms with Gasteiger partial charge in [0, 0.05) is 11.6 Å². The van der Waals surface area contributed by atoms with Crippen LogP contribution in [0.5, 0.6) is 0 Å². The van der Waals surface area contributed by atoms with Crippen LogP contribution in [0.25, 0.3) is 4.96 Å². The zero-order chi connectivity index (χ0) is 15.0. The van der Waals surface area contributed by atoms with Gasteiger partial charge < -0.3 is 5.11 Å². The minimum absolute atomic E-state index is 0.0663. The molecule has 6 nitrogen and oxygen atoms in total. The molecule has 0 saturated heterocycles. The molecule has 0 aliphatic carbocycles. The van der Waals surface area contributed by atoms with E-state index in [-0.39, 0.29) is 16.8 Å². The minimum Gasteiger partial charge on any atom is -0.394 e. The van der Waals surface area contributed by atoms with Crippen LogP contribution >= 0.6 is 22.9 Å². The lowest BCUT2D eigenvalue weighted by molar-refractivity contribution is 0.172. The number of hydrogen-bond acceptors (Lipinski definition) is 5. The van der Waals surface area contributed by atoms with Gasteiger partial charge in [0.2, 0.25) is 0 Å². The van der Waals surface area contributed by atoms with E-state index in [1.165, 1.54) is 15.7 Å². The molecule has 2 aromatic heterocycles. The summed E-state index contributed by atoms with van der Waals surface area (Å²) < 4.78 is 29.1. The van der Waals surface area contributed by atoms with Crippen molar-refractivity contribution in [2.24, 2.45) is 0 Å². The van der Waals surface area contributed by atoms with Crippen molar-refractivity contribution in [3.63, 3.8) is 0 Å². The minimum atomic E-state index is -3.87. The molecule has 0 spiro atoms. The lowest BCUT2D eigenvalue weighted by Gasteiger charge is -2.30. The molecule has 2 N–H and O–H groups in total. The normalized spacial score (nSPS) is 13.2. The molecule has 2 heterocycles. The van der Waals surface area contributed by atoms with E-state index in [1.54, 1.807) is 11.6 Å². The van der Waals surface area contributed by atoms with E-state index in [4.69, 9.17) is 11.6 Å². The summed E-state index contributed by atoms with van der Waals surface area (Å²) in [4.78, 5) is 4.52. The molecule has 0 fully saturated rings. The van der Waals surface area contributed by atoms with Crippen LogP contribution in [-0.4, -0.2) is 35.1 Å². The molecule has 0 saturated carbocycles. The number of rotatable bonds is 6. The summed E-state index contributed by atoms with van der Waals surface area (Å²) in [5.41, 5.74) is -0.887. The Hall–Kier alpha value is -0.670. The number of nitrogens with one attached hydrogen (secondary N) is 1. The number of aliphatic hydroxyl groups excluding tert-OH is 1. The largest absolute Gasteiger partial charge is 0.394 e. The van der Waals surface area contributed by atoms with Crippen LogP contribution in [0, 0.1) is 0 Å². The summed E-state index contributed by atoms with van der Waals surface area (Å²) in [7, 11) is -3.87. The van der Waals surface area contributed by atoms with E-state index in [9.17, 15) is 13.5 Å². The van der Waals surface area contributed by atoms with Crippen LogP contribution < -0.4 is 4.72 Å². The van der Waals surface area contributed by atoms with E-state index in [1.807, 2.05) is 13.8 Å². The fourth-order valence-electron chi connectivity index (χ4n) is 1.96. The first kappa shape index (κ1) is 15.7. The third-order valence-corrected chi connectivity index (χ3v) is 6.17. The van der Waals surface area contributed by atoms with Crippen LogP contribution in [0.2, 0.25) is 5.15 Å². The predicted molar refractivity (Wildman–Crippen MR) is 78.8 cm³/mol. The zero-order valence-electron chi connectivity index (χ0n) is 11.1. The molecule has 2 rings (SSSR count). The maximum atomic E-state index is 12.6. The number of imidazole rings is 1. The highest BCUT2D eigenvalue weighted by molar-refractivity contribution is 7.89. The first-order chi connectivity index (χ1) is 9.39. The monoisotopic (exact) mass is 337 g/mol. The second kappa shape index (κ2) is 5.61. The quantitative estimate of drug-likeness (QED) is 0.843. The van der Waals surface area contributed by atoms with Gasteiger partial charge in [-0.2, -0.15) is 0 Å².